The highest BCUT2D eigenvalue weighted by Crippen LogP contribution is 2.34. The van der Waals surface area contributed by atoms with Gasteiger partial charge in [-0.1, -0.05) is 91.3 Å². The zero-order valence-electron chi connectivity index (χ0n) is 46.0. The van der Waals surface area contributed by atoms with Gasteiger partial charge in [0, 0.05) is 40.9 Å². The number of benzene rings is 2. The van der Waals surface area contributed by atoms with Gasteiger partial charge in [0.15, 0.2) is 11.9 Å². The summed E-state index contributed by atoms with van der Waals surface area (Å²) < 4.78 is 27.9. The van der Waals surface area contributed by atoms with Crippen molar-refractivity contribution in [3.8, 4) is 5.75 Å². The summed E-state index contributed by atoms with van der Waals surface area (Å²) >= 11 is 0. The van der Waals surface area contributed by atoms with Crippen LogP contribution < -0.4 is 15.4 Å². The second-order valence-corrected chi connectivity index (χ2v) is 20.7. The molecule has 2 aromatic rings. The first kappa shape index (κ1) is 63.5. The molecular weight excluding hydrogens is 1010 g/mol. The molecule has 24 heteroatoms. The summed E-state index contributed by atoms with van der Waals surface area (Å²) in [4.78, 5) is 97.5. The number of likely N-dealkylation sites (N-methyl/N-ethyl adjacent to an activating group) is 2. The molecule has 2 saturated heterocycles. The van der Waals surface area contributed by atoms with E-state index in [2.05, 4.69) is 10.6 Å². The number of amides is 5. The summed E-state index contributed by atoms with van der Waals surface area (Å²) in [6.07, 6.45) is -11.7. The Kier molecular flexibility index (Phi) is 23.6. The molecule has 0 radical (unpaired) electrons. The summed E-state index contributed by atoms with van der Waals surface area (Å²) in [7, 11) is 5.88. The molecule has 2 aliphatic heterocycles. The smallest absolute Gasteiger partial charge is 0.410 e. The number of aliphatic hydroxyl groups excluding tert-OH is 4. The fourth-order valence-corrected chi connectivity index (χ4v) is 10.1. The number of nitrogens with zero attached hydrogens (tertiary/aromatic N) is 4. The van der Waals surface area contributed by atoms with Gasteiger partial charge in [-0.3, -0.25) is 34.2 Å². The Labute approximate surface area is 449 Å². The maximum absolute atomic E-state index is 14.7. The van der Waals surface area contributed by atoms with E-state index in [1.807, 2.05) is 19.9 Å². The highest BCUT2D eigenvalue weighted by atomic mass is 16.7. The minimum atomic E-state index is -2.03. The lowest BCUT2D eigenvalue weighted by Gasteiger charge is -2.41. The minimum Gasteiger partial charge on any atom is -0.479 e. The number of carboxylic acid groups (broad SMARTS) is 1. The van der Waals surface area contributed by atoms with Crippen LogP contribution in [0.5, 0.6) is 5.75 Å². The average Bonchev–Trinajstić information content (AvgIpc) is 3.89. The molecule has 77 heavy (non-hydrogen) atoms. The van der Waals surface area contributed by atoms with E-state index in [9.17, 15) is 64.4 Å². The van der Waals surface area contributed by atoms with Gasteiger partial charge in [-0.25, -0.2) is 9.59 Å². The first-order valence-corrected chi connectivity index (χ1v) is 25.9. The standard InChI is InChI=1S/C53H80N6O18/c1-13-29(6)41(37(73-11)25-38(60)58-23-17-20-34(58)46(74-12)30(7)48(65)54-31(8)42(61)33-18-15-14-16-19-33)56(9)50(67)39(27(2)3)55-49(66)40(28(4)5)57(10)53(70)75-26-32-21-22-36(35(24-32)59(71)72)76-52-45(64)43(62)44(63)47(77-52)51(68)69/h14-16,18-19,21-22,24,27-31,34,37,39-47,52,61-64H,13,17,20,23,25-26H2,1-12H3,(H,54,65)(H,55,66)(H,68,69)/t29-,30+,31+,34-,37+,39-,40-,41-,42+,43-,44-,45+,46+,47-,52+/m0/s1. The van der Waals surface area contributed by atoms with Gasteiger partial charge in [-0.2, -0.15) is 0 Å². The van der Waals surface area contributed by atoms with E-state index in [1.165, 1.54) is 32.2 Å². The average molecular weight is 1090 g/mol. The number of aliphatic hydroxyl groups is 4. The number of methoxy groups -OCH3 is 2. The summed E-state index contributed by atoms with van der Waals surface area (Å²) in [6.45, 7) is 14.1. The van der Waals surface area contributed by atoms with Gasteiger partial charge in [0.25, 0.3) is 0 Å². The number of nitro benzene ring substituents is 1. The highest BCUT2D eigenvalue weighted by molar-refractivity contribution is 5.92. The molecule has 0 saturated carbocycles. The van der Waals surface area contributed by atoms with Crippen LogP contribution in [0.1, 0.15) is 98.3 Å². The molecule has 0 bridgehead atoms. The molecule has 15 atom stereocenters. The predicted octanol–water partition coefficient (Wildman–Crippen LogP) is 2.76. The second kappa shape index (κ2) is 28.6. The molecule has 2 heterocycles. The lowest BCUT2D eigenvalue weighted by atomic mass is 9.89. The number of nitro groups is 1. The number of likely N-dealkylation sites (tertiary alicyclic amines) is 1. The van der Waals surface area contributed by atoms with Gasteiger partial charge < -0.3 is 69.7 Å². The zero-order valence-corrected chi connectivity index (χ0v) is 46.0. The third-order valence-corrected chi connectivity index (χ3v) is 14.7. The van der Waals surface area contributed by atoms with Crippen LogP contribution >= 0.6 is 0 Å². The predicted molar refractivity (Wildman–Crippen MR) is 277 cm³/mol. The van der Waals surface area contributed by atoms with Crippen molar-refractivity contribution in [1.82, 2.24) is 25.3 Å². The second-order valence-electron chi connectivity index (χ2n) is 20.7. The first-order valence-electron chi connectivity index (χ1n) is 25.9. The molecule has 430 valence electrons. The fraction of sp³-hybridized carbons (Fsp3) is 0.660. The van der Waals surface area contributed by atoms with Crippen LogP contribution in [0.2, 0.25) is 0 Å². The number of aliphatic carboxylic acids is 1. The van der Waals surface area contributed by atoms with Gasteiger partial charge in [-0.15, -0.1) is 0 Å². The maximum atomic E-state index is 14.7. The van der Waals surface area contributed by atoms with Crippen molar-refractivity contribution in [3.63, 3.8) is 0 Å². The van der Waals surface area contributed by atoms with Gasteiger partial charge >= 0.3 is 17.7 Å². The number of rotatable bonds is 26. The lowest BCUT2D eigenvalue weighted by molar-refractivity contribution is -0.387. The normalized spacial score (nSPS) is 23.1. The Morgan fingerprint density at radius 2 is 1.52 bits per heavy atom. The zero-order chi connectivity index (χ0) is 57.7. The Bertz CT molecular complexity index is 2330. The maximum Gasteiger partial charge on any atom is 0.410 e. The molecule has 4 rings (SSSR count). The van der Waals surface area contributed by atoms with Crippen LogP contribution in [0, 0.1) is 33.8 Å². The summed E-state index contributed by atoms with van der Waals surface area (Å²) in [5, 5.41) is 68.6. The molecule has 0 aliphatic carbocycles. The number of hydrogen-bond acceptors (Lipinski definition) is 17. The van der Waals surface area contributed by atoms with Gasteiger partial charge in [-0.05, 0) is 54.7 Å². The SMILES string of the molecule is CC[C@H](C)[C@@H]([C@@H](CC(=O)N1CCC[C@H]1[C@H](OC)[C@@H](C)C(=O)N[C@H](C)[C@@H](O)c1ccccc1)OC)N(C)C(=O)[C@@H](NC(=O)[C@H](C(C)C)N(C)C(=O)OCc1ccc(O[C@@H]2O[C@H](C(=O)O)[C@@H](O)[C@H](O)[C@H]2O)c([N+](=O)[O-])c1)C(C)C. The van der Waals surface area contributed by atoms with Crippen LogP contribution in [0.3, 0.4) is 0 Å². The third-order valence-electron chi connectivity index (χ3n) is 14.7. The van der Waals surface area contributed by atoms with Gasteiger partial charge in [0.2, 0.25) is 29.9 Å². The minimum absolute atomic E-state index is 0.0847. The third kappa shape index (κ3) is 15.6. The highest BCUT2D eigenvalue weighted by Gasteiger charge is 2.49. The molecule has 0 spiro atoms. The Morgan fingerprint density at radius 3 is 2.08 bits per heavy atom. The summed E-state index contributed by atoms with van der Waals surface area (Å²) in [5.74, 6) is -5.83. The number of nitrogens with one attached hydrogen (secondary N) is 2. The molecule has 2 aromatic carbocycles. The molecule has 2 fully saturated rings. The van der Waals surface area contributed by atoms with E-state index in [0.717, 1.165) is 17.0 Å². The quantitative estimate of drug-likeness (QED) is 0.0526. The number of carboxylic acids is 1. The number of ether oxygens (including phenoxy) is 5. The molecule has 24 nitrogen and oxygen atoms in total. The van der Waals surface area contributed by atoms with Crippen LogP contribution in [0.4, 0.5) is 10.5 Å². The topological polar surface area (TPSA) is 327 Å². The number of hydrogen-bond donors (Lipinski definition) is 7. The van der Waals surface area contributed by atoms with Crippen molar-refractivity contribution in [2.24, 2.45) is 23.7 Å². The summed E-state index contributed by atoms with van der Waals surface area (Å²) in [6, 6.07) is 8.32. The molecular formula is C53H80N6O18. The van der Waals surface area contributed by atoms with Crippen molar-refractivity contribution >= 4 is 41.4 Å². The van der Waals surface area contributed by atoms with E-state index in [1.54, 1.807) is 77.8 Å². The van der Waals surface area contributed by atoms with Crippen LogP contribution in [0.15, 0.2) is 48.5 Å². The molecule has 2 aliphatic rings. The van der Waals surface area contributed by atoms with Crippen molar-refractivity contribution < 1.29 is 82.9 Å². The van der Waals surface area contributed by atoms with E-state index in [4.69, 9.17) is 23.7 Å². The van der Waals surface area contributed by atoms with Gasteiger partial charge in [0.05, 0.1) is 53.7 Å². The van der Waals surface area contributed by atoms with E-state index >= 15 is 0 Å². The van der Waals surface area contributed by atoms with E-state index in [-0.39, 0.29) is 29.7 Å². The van der Waals surface area contributed by atoms with E-state index < -0.39 is 144 Å². The van der Waals surface area contributed by atoms with E-state index in [0.29, 0.717) is 31.4 Å². The van der Waals surface area contributed by atoms with Crippen molar-refractivity contribution in [3.05, 3.63) is 69.8 Å². The Morgan fingerprint density at radius 1 is 0.870 bits per heavy atom. The molecule has 5 amide bonds. The lowest BCUT2D eigenvalue weighted by Crippen LogP contribution is -2.61. The van der Waals surface area contributed by atoms with Crippen molar-refractivity contribution in [2.75, 3.05) is 34.9 Å². The van der Waals surface area contributed by atoms with Crippen molar-refractivity contribution in [1.29, 1.82) is 0 Å². The fourth-order valence-electron chi connectivity index (χ4n) is 10.1. The Hall–Kier alpha value is -6.02. The summed E-state index contributed by atoms with van der Waals surface area (Å²) in [5.41, 5.74) is 0.0336. The number of carbonyl (C=O) groups excluding carboxylic acids is 5. The Balaban J connectivity index is 1.45. The molecule has 7 N–H and O–H groups in total. The van der Waals surface area contributed by atoms with Crippen LogP contribution in [-0.4, -0.2) is 189 Å². The monoisotopic (exact) mass is 1090 g/mol. The first-order chi connectivity index (χ1) is 36.2. The van der Waals surface area contributed by atoms with Gasteiger partial charge in [0.1, 0.15) is 37.0 Å². The largest absolute Gasteiger partial charge is 0.479 e. The molecule has 0 aromatic heterocycles. The van der Waals surface area contributed by atoms with Crippen LogP contribution in [-0.2, 0) is 49.5 Å². The van der Waals surface area contributed by atoms with Crippen LogP contribution in [0.25, 0.3) is 0 Å². The van der Waals surface area contributed by atoms with Crippen molar-refractivity contribution in [2.45, 2.75) is 167 Å². The molecule has 0 unspecified atom stereocenters. The number of carbonyl (C=O) groups is 6.